The number of rotatable bonds is 8. The number of nitrogens with zero attached hydrogens (tertiary/aromatic N) is 2. The van der Waals surface area contributed by atoms with Crippen molar-refractivity contribution in [1.29, 1.82) is 0 Å². The van der Waals surface area contributed by atoms with Crippen LogP contribution in [0, 0.1) is 6.92 Å². The summed E-state index contributed by atoms with van der Waals surface area (Å²) in [6.07, 6.45) is 0.272. The average molecular weight is 439 g/mol. The van der Waals surface area contributed by atoms with Crippen molar-refractivity contribution in [2.75, 3.05) is 11.9 Å². The number of hydrogen-bond donors (Lipinski definition) is 2. The number of para-hydroxylation sites is 1. The number of aryl methyl sites for hydroxylation is 1. The zero-order chi connectivity index (χ0) is 20.9. The Hall–Kier alpha value is -2.84. The molecule has 1 amide bonds. The van der Waals surface area contributed by atoms with Gasteiger partial charge in [-0.3, -0.25) is 4.79 Å². The maximum absolute atomic E-state index is 12.3. The number of H-pyrrole nitrogens is 1. The largest absolute Gasteiger partial charge is 0.494 e. The second-order valence-corrected chi connectivity index (χ2v) is 8.62. The van der Waals surface area contributed by atoms with E-state index >= 15 is 0 Å². The number of anilines is 1. The second-order valence-electron chi connectivity index (χ2n) is 6.72. The molecule has 0 saturated heterocycles. The Bertz CT molecular complexity index is 1170. The molecule has 0 aliphatic carbocycles. The predicted octanol–water partition coefficient (Wildman–Crippen LogP) is 5.20. The lowest BCUT2D eigenvalue weighted by Gasteiger charge is -2.06. The van der Waals surface area contributed by atoms with E-state index in [1.165, 1.54) is 11.3 Å². The van der Waals surface area contributed by atoms with Crippen LogP contribution in [-0.4, -0.2) is 27.5 Å². The van der Waals surface area contributed by atoms with Crippen molar-refractivity contribution in [3.05, 3.63) is 64.1 Å². The summed E-state index contributed by atoms with van der Waals surface area (Å²) in [7, 11) is 0. The SMILES string of the molecule is CCOc1ccc2nc(SCc3csc(CC(=O)Nc4ccccc4C)n3)[nH]c2c1. The van der Waals surface area contributed by atoms with Gasteiger partial charge in [0, 0.05) is 22.9 Å². The van der Waals surface area contributed by atoms with Gasteiger partial charge in [-0.05, 0) is 37.6 Å². The Labute approximate surface area is 183 Å². The number of nitrogens with one attached hydrogen (secondary N) is 2. The highest BCUT2D eigenvalue weighted by Crippen LogP contribution is 2.26. The van der Waals surface area contributed by atoms with Crippen molar-refractivity contribution in [3.8, 4) is 5.75 Å². The zero-order valence-electron chi connectivity index (χ0n) is 16.8. The summed E-state index contributed by atoms with van der Waals surface area (Å²) in [5, 5.41) is 6.60. The number of carbonyl (C=O) groups is 1. The lowest BCUT2D eigenvalue weighted by molar-refractivity contribution is -0.115. The monoisotopic (exact) mass is 438 g/mol. The van der Waals surface area contributed by atoms with E-state index in [2.05, 4.69) is 20.3 Å². The number of hydrogen-bond acceptors (Lipinski definition) is 6. The molecule has 30 heavy (non-hydrogen) atoms. The summed E-state index contributed by atoms with van der Waals surface area (Å²) < 4.78 is 5.53. The molecule has 2 aromatic carbocycles. The molecule has 0 bridgehead atoms. The maximum atomic E-state index is 12.3. The zero-order valence-corrected chi connectivity index (χ0v) is 18.4. The molecule has 154 valence electrons. The molecule has 0 unspecified atom stereocenters. The van der Waals surface area contributed by atoms with Gasteiger partial charge in [0.25, 0.3) is 0 Å². The van der Waals surface area contributed by atoms with Crippen LogP contribution in [0.1, 0.15) is 23.2 Å². The number of aromatic nitrogens is 3. The van der Waals surface area contributed by atoms with Crippen LogP contribution in [0.5, 0.6) is 5.75 Å². The molecular weight excluding hydrogens is 416 g/mol. The minimum Gasteiger partial charge on any atom is -0.494 e. The summed E-state index contributed by atoms with van der Waals surface area (Å²) >= 11 is 3.10. The number of imidazole rings is 1. The third-order valence-electron chi connectivity index (χ3n) is 4.43. The average Bonchev–Trinajstić information content (AvgIpc) is 3.34. The highest BCUT2D eigenvalue weighted by molar-refractivity contribution is 7.98. The molecule has 0 radical (unpaired) electrons. The maximum Gasteiger partial charge on any atom is 0.231 e. The topological polar surface area (TPSA) is 79.9 Å². The highest BCUT2D eigenvalue weighted by Gasteiger charge is 2.11. The summed E-state index contributed by atoms with van der Waals surface area (Å²) in [6.45, 7) is 4.58. The first-order valence-corrected chi connectivity index (χ1v) is 11.5. The molecule has 2 heterocycles. The number of amides is 1. The van der Waals surface area contributed by atoms with Crippen molar-refractivity contribution < 1.29 is 9.53 Å². The molecule has 4 aromatic rings. The van der Waals surface area contributed by atoms with Gasteiger partial charge in [0.2, 0.25) is 5.91 Å². The molecular formula is C22H22N4O2S2. The number of ether oxygens (including phenoxy) is 1. The molecule has 4 rings (SSSR count). The van der Waals surface area contributed by atoms with Crippen molar-refractivity contribution >= 4 is 45.7 Å². The number of carbonyl (C=O) groups excluding carboxylic acids is 1. The van der Waals surface area contributed by atoms with E-state index < -0.39 is 0 Å². The Morgan fingerprint density at radius 3 is 2.93 bits per heavy atom. The van der Waals surface area contributed by atoms with Gasteiger partial charge in [-0.1, -0.05) is 30.0 Å². The summed E-state index contributed by atoms with van der Waals surface area (Å²) in [5.74, 6) is 1.46. The van der Waals surface area contributed by atoms with Crippen molar-refractivity contribution in [3.63, 3.8) is 0 Å². The Balaban J connectivity index is 1.34. The third kappa shape index (κ3) is 5.01. The van der Waals surface area contributed by atoms with Crippen LogP contribution in [-0.2, 0) is 17.0 Å². The van der Waals surface area contributed by atoms with E-state index in [1.54, 1.807) is 11.8 Å². The van der Waals surface area contributed by atoms with Gasteiger partial charge in [-0.25, -0.2) is 9.97 Å². The molecule has 0 spiro atoms. The van der Waals surface area contributed by atoms with Gasteiger partial charge in [0.1, 0.15) is 10.8 Å². The van der Waals surface area contributed by atoms with E-state index in [9.17, 15) is 4.79 Å². The standard InChI is InChI=1S/C22H22N4O2S2/c1-3-28-16-8-9-18-19(10-16)26-22(25-18)30-13-15-12-29-21(23-15)11-20(27)24-17-7-5-4-6-14(17)2/h4-10,12H,3,11,13H2,1-2H3,(H,24,27)(H,25,26). The third-order valence-corrected chi connectivity index (χ3v) is 6.23. The minimum absolute atomic E-state index is 0.0553. The van der Waals surface area contributed by atoms with E-state index in [0.29, 0.717) is 12.4 Å². The first-order valence-electron chi connectivity index (χ1n) is 9.65. The molecule has 0 fully saturated rings. The molecule has 0 aliphatic heterocycles. The lowest BCUT2D eigenvalue weighted by Crippen LogP contribution is -2.15. The summed E-state index contributed by atoms with van der Waals surface area (Å²) in [6, 6.07) is 13.6. The van der Waals surface area contributed by atoms with Crippen LogP contribution in [0.25, 0.3) is 11.0 Å². The summed E-state index contributed by atoms with van der Waals surface area (Å²) in [5.41, 5.74) is 4.69. The molecule has 2 aromatic heterocycles. The highest BCUT2D eigenvalue weighted by atomic mass is 32.2. The Morgan fingerprint density at radius 2 is 2.10 bits per heavy atom. The first kappa shape index (κ1) is 20.4. The lowest BCUT2D eigenvalue weighted by atomic mass is 10.2. The molecule has 2 N–H and O–H groups in total. The first-order chi connectivity index (χ1) is 14.6. The minimum atomic E-state index is -0.0553. The number of thioether (sulfide) groups is 1. The van der Waals surface area contributed by atoms with Crippen LogP contribution < -0.4 is 10.1 Å². The molecule has 0 aliphatic rings. The Kier molecular flexibility index (Phi) is 6.35. The fraction of sp³-hybridized carbons (Fsp3) is 0.227. The van der Waals surface area contributed by atoms with Crippen LogP contribution in [0.2, 0.25) is 0 Å². The van der Waals surface area contributed by atoms with E-state index in [0.717, 1.165) is 43.9 Å². The molecule has 0 saturated carbocycles. The smallest absolute Gasteiger partial charge is 0.231 e. The second kappa shape index (κ2) is 9.32. The molecule has 8 heteroatoms. The van der Waals surface area contributed by atoms with Gasteiger partial charge in [-0.2, -0.15) is 0 Å². The van der Waals surface area contributed by atoms with Crippen LogP contribution in [0.4, 0.5) is 5.69 Å². The number of benzene rings is 2. The number of fused-ring (bicyclic) bond motifs is 1. The Morgan fingerprint density at radius 1 is 1.23 bits per heavy atom. The fourth-order valence-electron chi connectivity index (χ4n) is 2.97. The van der Waals surface area contributed by atoms with Crippen molar-refractivity contribution in [1.82, 2.24) is 15.0 Å². The van der Waals surface area contributed by atoms with Crippen LogP contribution in [0.3, 0.4) is 0 Å². The van der Waals surface area contributed by atoms with Gasteiger partial charge in [0.15, 0.2) is 5.16 Å². The molecule has 0 atom stereocenters. The quantitative estimate of drug-likeness (QED) is 0.370. The predicted molar refractivity (Wildman–Crippen MR) is 122 cm³/mol. The summed E-state index contributed by atoms with van der Waals surface area (Å²) in [4.78, 5) is 24.8. The van der Waals surface area contributed by atoms with E-state index in [1.807, 2.05) is 61.7 Å². The fourth-order valence-corrected chi connectivity index (χ4v) is 4.65. The number of thiazole rings is 1. The van der Waals surface area contributed by atoms with Gasteiger partial charge >= 0.3 is 0 Å². The van der Waals surface area contributed by atoms with Crippen LogP contribution >= 0.6 is 23.1 Å². The van der Waals surface area contributed by atoms with Gasteiger partial charge in [0.05, 0.1) is 29.8 Å². The van der Waals surface area contributed by atoms with Gasteiger partial charge in [-0.15, -0.1) is 11.3 Å². The normalized spacial score (nSPS) is 11.0. The van der Waals surface area contributed by atoms with Gasteiger partial charge < -0.3 is 15.0 Å². The van der Waals surface area contributed by atoms with E-state index in [4.69, 9.17) is 4.74 Å². The molecule has 6 nitrogen and oxygen atoms in total. The number of aromatic amines is 1. The van der Waals surface area contributed by atoms with E-state index in [-0.39, 0.29) is 12.3 Å². The van der Waals surface area contributed by atoms with Crippen molar-refractivity contribution in [2.24, 2.45) is 0 Å². The van der Waals surface area contributed by atoms with Crippen molar-refractivity contribution in [2.45, 2.75) is 31.2 Å². The van der Waals surface area contributed by atoms with Crippen LogP contribution in [0.15, 0.2) is 53.0 Å².